The Balaban J connectivity index is 1.44. The number of likely N-dealkylation sites (tertiary alicyclic amines) is 1. The summed E-state index contributed by atoms with van der Waals surface area (Å²) in [4.78, 5) is 18.1. The molecular formula is C17H18F2N4O4. The zero-order chi connectivity index (χ0) is 19.0. The van der Waals surface area contributed by atoms with Gasteiger partial charge in [0, 0.05) is 24.6 Å². The van der Waals surface area contributed by atoms with E-state index in [2.05, 4.69) is 24.9 Å². The summed E-state index contributed by atoms with van der Waals surface area (Å²) in [5.41, 5.74) is 0.492. The van der Waals surface area contributed by atoms with E-state index in [1.165, 1.54) is 12.1 Å². The van der Waals surface area contributed by atoms with Crippen molar-refractivity contribution in [3.63, 3.8) is 0 Å². The molecule has 0 spiro atoms. The molecule has 0 unspecified atom stereocenters. The Morgan fingerprint density at radius 2 is 2.04 bits per heavy atom. The third kappa shape index (κ3) is 3.57. The number of nitrogens with zero attached hydrogens (tertiary/aromatic N) is 3. The van der Waals surface area contributed by atoms with Crippen LogP contribution in [0.1, 0.15) is 24.7 Å². The lowest BCUT2D eigenvalue weighted by Crippen LogP contribution is -2.41. The van der Waals surface area contributed by atoms with Crippen molar-refractivity contribution in [2.75, 3.05) is 26.7 Å². The molecule has 27 heavy (non-hydrogen) atoms. The number of hydrogen-bond donors (Lipinski definition) is 1. The highest BCUT2D eigenvalue weighted by molar-refractivity contribution is 5.78. The van der Waals surface area contributed by atoms with Gasteiger partial charge in [0.1, 0.15) is 0 Å². The molecule has 1 aromatic carbocycles. The molecule has 1 aromatic heterocycles. The van der Waals surface area contributed by atoms with E-state index in [0.717, 1.165) is 12.8 Å². The normalized spacial score (nSPS) is 18.7. The molecule has 8 nitrogen and oxygen atoms in total. The summed E-state index contributed by atoms with van der Waals surface area (Å²) < 4.78 is 40.4. The summed E-state index contributed by atoms with van der Waals surface area (Å²) >= 11 is 0. The first-order chi connectivity index (χ1) is 12.9. The summed E-state index contributed by atoms with van der Waals surface area (Å²) in [7, 11) is 1.74. The predicted molar refractivity (Wildman–Crippen MR) is 88.4 cm³/mol. The second-order valence-electron chi connectivity index (χ2n) is 6.47. The largest absolute Gasteiger partial charge is 0.586 e. The Kier molecular flexibility index (Phi) is 4.42. The van der Waals surface area contributed by atoms with Crippen LogP contribution in [-0.2, 0) is 4.79 Å². The number of alkyl halides is 2. The molecule has 1 fully saturated rings. The van der Waals surface area contributed by atoms with Crippen LogP contribution in [0.4, 0.5) is 8.78 Å². The number of piperidine rings is 1. The van der Waals surface area contributed by atoms with E-state index in [1.54, 1.807) is 13.1 Å². The third-order valence-electron chi connectivity index (χ3n) is 4.63. The summed E-state index contributed by atoms with van der Waals surface area (Å²) in [6.07, 6.45) is -2.21. The molecule has 2 aliphatic heterocycles. The number of nitrogens with one attached hydrogen (secondary N) is 1. The van der Waals surface area contributed by atoms with Gasteiger partial charge in [-0.2, -0.15) is 4.98 Å². The third-order valence-corrected chi connectivity index (χ3v) is 4.63. The lowest BCUT2D eigenvalue weighted by Gasteiger charge is -2.30. The number of carbonyl (C=O) groups excluding carboxylic acids is 1. The van der Waals surface area contributed by atoms with E-state index in [-0.39, 0.29) is 23.3 Å². The fraction of sp³-hybridized carbons (Fsp3) is 0.471. The second-order valence-corrected chi connectivity index (χ2v) is 6.47. The first kappa shape index (κ1) is 17.7. The molecule has 0 atom stereocenters. The van der Waals surface area contributed by atoms with Crippen LogP contribution in [0.2, 0.25) is 0 Å². The van der Waals surface area contributed by atoms with Gasteiger partial charge in [-0.15, -0.1) is 8.78 Å². The smallest absolute Gasteiger partial charge is 0.395 e. The van der Waals surface area contributed by atoms with Crippen LogP contribution in [0.3, 0.4) is 0 Å². The Bertz CT molecular complexity index is 849. The highest BCUT2D eigenvalue weighted by atomic mass is 19.3. The molecule has 3 heterocycles. The van der Waals surface area contributed by atoms with Crippen molar-refractivity contribution in [2.24, 2.45) is 0 Å². The minimum Gasteiger partial charge on any atom is -0.395 e. The molecule has 1 N–H and O–H groups in total. The molecule has 1 amide bonds. The minimum atomic E-state index is -3.66. The molecule has 0 radical (unpaired) electrons. The first-order valence-corrected chi connectivity index (χ1v) is 8.61. The number of benzene rings is 1. The standard InChI is InChI=1S/C17H18F2N4O4/c1-20-9-14(24)23-6-4-10(5-7-23)16-21-15(22-27-16)11-2-3-12-13(8-11)26-17(18,19)25-12/h2-3,8,10,20H,4-7,9H2,1H3. The van der Waals surface area contributed by atoms with Crippen LogP contribution < -0.4 is 14.8 Å². The Morgan fingerprint density at radius 3 is 2.78 bits per heavy atom. The Hall–Kier alpha value is -2.75. The van der Waals surface area contributed by atoms with Gasteiger partial charge in [-0.05, 0) is 38.1 Å². The minimum absolute atomic E-state index is 0.0360. The number of likely N-dealkylation sites (N-methyl/N-ethyl adjacent to an activating group) is 1. The van der Waals surface area contributed by atoms with Crippen molar-refractivity contribution in [1.82, 2.24) is 20.4 Å². The van der Waals surface area contributed by atoms with Gasteiger partial charge in [0.25, 0.3) is 0 Å². The van der Waals surface area contributed by atoms with Gasteiger partial charge in [0.2, 0.25) is 17.6 Å². The van der Waals surface area contributed by atoms with E-state index in [0.29, 0.717) is 36.9 Å². The van der Waals surface area contributed by atoms with Gasteiger partial charge in [-0.3, -0.25) is 4.79 Å². The summed E-state index contributed by atoms with van der Waals surface area (Å²) in [5.74, 6) is 0.794. The molecule has 2 aliphatic rings. The highest BCUT2D eigenvalue weighted by Crippen LogP contribution is 2.42. The number of hydrogen-bond acceptors (Lipinski definition) is 7. The first-order valence-electron chi connectivity index (χ1n) is 8.61. The van der Waals surface area contributed by atoms with Gasteiger partial charge in [0.05, 0.1) is 6.54 Å². The second kappa shape index (κ2) is 6.76. The zero-order valence-corrected chi connectivity index (χ0v) is 14.6. The van der Waals surface area contributed by atoms with Gasteiger partial charge >= 0.3 is 6.29 Å². The van der Waals surface area contributed by atoms with Gasteiger partial charge < -0.3 is 24.2 Å². The Morgan fingerprint density at radius 1 is 1.30 bits per heavy atom. The molecule has 144 valence electrons. The number of fused-ring (bicyclic) bond motifs is 1. The maximum Gasteiger partial charge on any atom is 0.586 e. The number of carbonyl (C=O) groups is 1. The van der Waals surface area contributed by atoms with Crippen molar-refractivity contribution in [2.45, 2.75) is 25.1 Å². The average Bonchev–Trinajstić information content (AvgIpc) is 3.24. The number of aromatic nitrogens is 2. The van der Waals surface area contributed by atoms with Crippen molar-refractivity contribution < 1.29 is 27.6 Å². The van der Waals surface area contributed by atoms with Crippen molar-refractivity contribution in [3.05, 3.63) is 24.1 Å². The Labute approximate surface area is 153 Å². The lowest BCUT2D eigenvalue weighted by molar-refractivity contribution is -0.286. The topological polar surface area (TPSA) is 89.7 Å². The monoisotopic (exact) mass is 380 g/mol. The quantitative estimate of drug-likeness (QED) is 0.867. The molecule has 1 saturated heterocycles. The molecular weight excluding hydrogens is 362 g/mol. The fourth-order valence-corrected chi connectivity index (χ4v) is 3.25. The predicted octanol–water partition coefficient (Wildman–Crippen LogP) is 1.98. The van der Waals surface area contributed by atoms with Crippen molar-refractivity contribution >= 4 is 5.91 Å². The molecule has 0 aliphatic carbocycles. The van der Waals surface area contributed by atoms with E-state index in [1.807, 2.05) is 4.90 Å². The maximum atomic E-state index is 13.1. The fourth-order valence-electron chi connectivity index (χ4n) is 3.25. The molecule has 0 bridgehead atoms. The van der Waals surface area contributed by atoms with Gasteiger partial charge in [-0.25, -0.2) is 0 Å². The molecule has 0 saturated carbocycles. The highest BCUT2D eigenvalue weighted by Gasteiger charge is 2.43. The summed E-state index contributed by atoms with van der Waals surface area (Å²) in [6.45, 7) is 1.57. The van der Waals surface area contributed by atoms with E-state index >= 15 is 0 Å². The van der Waals surface area contributed by atoms with Crippen LogP contribution in [0.25, 0.3) is 11.4 Å². The number of ether oxygens (including phenoxy) is 2. The number of rotatable bonds is 4. The number of halogens is 2. The van der Waals surface area contributed by atoms with Crippen LogP contribution in [0.15, 0.2) is 22.7 Å². The molecule has 2 aromatic rings. The van der Waals surface area contributed by atoms with Crippen molar-refractivity contribution in [1.29, 1.82) is 0 Å². The molecule has 10 heteroatoms. The van der Waals surface area contributed by atoms with Gasteiger partial charge in [0.15, 0.2) is 11.5 Å². The van der Waals surface area contributed by atoms with Crippen LogP contribution in [0.5, 0.6) is 11.5 Å². The maximum absolute atomic E-state index is 13.1. The van der Waals surface area contributed by atoms with Gasteiger partial charge in [-0.1, -0.05) is 5.16 Å². The summed E-state index contributed by atoms with van der Waals surface area (Å²) in [6, 6.07) is 4.34. The van der Waals surface area contributed by atoms with E-state index < -0.39 is 6.29 Å². The van der Waals surface area contributed by atoms with Crippen LogP contribution >= 0.6 is 0 Å². The number of amides is 1. The van der Waals surface area contributed by atoms with Crippen molar-refractivity contribution in [3.8, 4) is 22.9 Å². The SMILES string of the molecule is CNCC(=O)N1CCC(c2nc(-c3ccc4c(c3)OC(F)(F)O4)no2)CC1. The molecule has 4 rings (SSSR count). The van der Waals surface area contributed by atoms with E-state index in [4.69, 9.17) is 4.52 Å². The van der Waals surface area contributed by atoms with Crippen LogP contribution in [0, 0.1) is 0 Å². The summed E-state index contributed by atoms with van der Waals surface area (Å²) in [5, 5.41) is 6.80. The average molecular weight is 380 g/mol. The van der Waals surface area contributed by atoms with E-state index in [9.17, 15) is 13.6 Å². The zero-order valence-electron chi connectivity index (χ0n) is 14.6. The van der Waals surface area contributed by atoms with Crippen LogP contribution in [-0.4, -0.2) is 53.9 Å². The lowest BCUT2D eigenvalue weighted by atomic mass is 9.96.